The first-order chi connectivity index (χ1) is 8.29. The second-order valence-electron chi connectivity index (χ2n) is 5.13. The van der Waals surface area contributed by atoms with E-state index in [1.165, 1.54) is 25.7 Å². The summed E-state index contributed by atoms with van der Waals surface area (Å²) in [5, 5.41) is 0. The van der Waals surface area contributed by atoms with Crippen LogP contribution < -0.4 is 11.3 Å². The van der Waals surface area contributed by atoms with Gasteiger partial charge in [-0.1, -0.05) is 12.8 Å². The number of nitrogens with zero attached hydrogens (tertiary/aromatic N) is 2. The monoisotopic (exact) mass is 240 g/mol. The van der Waals surface area contributed by atoms with Gasteiger partial charge in [-0.05, 0) is 12.8 Å². The Bertz CT molecular complexity index is 245. The van der Waals surface area contributed by atoms with Gasteiger partial charge in [0.2, 0.25) is 5.91 Å². The molecule has 2 fully saturated rings. The van der Waals surface area contributed by atoms with Crippen molar-refractivity contribution in [1.29, 1.82) is 0 Å². The molecule has 1 heterocycles. The minimum absolute atomic E-state index is 0.0665. The van der Waals surface area contributed by atoms with Crippen LogP contribution in [0.1, 0.15) is 32.1 Å². The Morgan fingerprint density at radius 3 is 2.41 bits per heavy atom. The average molecular weight is 240 g/mol. The minimum Gasteiger partial charge on any atom is -0.300 e. The lowest BCUT2D eigenvalue weighted by molar-refractivity contribution is -0.121. The van der Waals surface area contributed by atoms with Crippen LogP contribution in [0.2, 0.25) is 0 Å². The Hall–Kier alpha value is -0.650. The molecule has 1 aliphatic carbocycles. The van der Waals surface area contributed by atoms with Crippen LogP contribution in [0.3, 0.4) is 0 Å². The molecular weight excluding hydrogens is 216 g/mol. The van der Waals surface area contributed by atoms with Crippen LogP contribution in [-0.2, 0) is 4.79 Å². The molecule has 2 rings (SSSR count). The fraction of sp³-hybridized carbons (Fsp3) is 0.917. The fourth-order valence-corrected chi connectivity index (χ4v) is 2.95. The molecule has 1 amide bonds. The highest BCUT2D eigenvalue weighted by Crippen LogP contribution is 2.24. The zero-order chi connectivity index (χ0) is 12.1. The van der Waals surface area contributed by atoms with Gasteiger partial charge < -0.3 is 4.90 Å². The molecule has 0 radical (unpaired) electrons. The molecule has 3 N–H and O–H groups in total. The molecule has 0 unspecified atom stereocenters. The Balaban J connectivity index is 1.65. The van der Waals surface area contributed by atoms with E-state index in [0.29, 0.717) is 6.42 Å². The van der Waals surface area contributed by atoms with Crippen LogP contribution in [0.5, 0.6) is 0 Å². The van der Waals surface area contributed by atoms with Gasteiger partial charge in [-0.3, -0.25) is 15.1 Å². The van der Waals surface area contributed by atoms with Gasteiger partial charge in [0, 0.05) is 45.2 Å². The molecule has 0 aromatic rings. The number of hydrogen-bond acceptors (Lipinski definition) is 4. The first-order valence-electron chi connectivity index (χ1n) is 6.75. The van der Waals surface area contributed by atoms with E-state index in [1.54, 1.807) is 0 Å². The molecule has 2 aliphatic rings. The lowest BCUT2D eigenvalue weighted by atomic mass is 10.2. The normalized spacial score (nSPS) is 24.1. The number of piperazine rings is 1. The Morgan fingerprint density at radius 2 is 1.82 bits per heavy atom. The number of rotatable bonds is 4. The second-order valence-corrected chi connectivity index (χ2v) is 5.13. The third-order valence-electron chi connectivity index (χ3n) is 4.06. The summed E-state index contributed by atoms with van der Waals surface area (Å²) in [6, 6.07) is 0.837. The third-order valence-corrected chi connectivity index (χ3v) is 4.06. The number of hydrazine groups is 1. The van der Waals surface area contributed by atoms with E-state index in [-0.39, 0.29) is 5.91 Å². The number of nitrogens with one attached hydrogen (secondary N) is 1. The Labute approximate surface area is 103 Å². The van der Waals surface area contributed by atoms with E-state index in [1.807, 2.05) is 0 Å². The first-order valence-corrected chi connectivity index (χ1v) is 6.75. The van der Waals surface area contributed by atoms with Crippen molar-refractivity contribution in [2.45, 2.75) is 38.1 Å². The second kappa shape index (κ2) is 6.33. The van der Waals surface area contributed by atoms with Crippen molar-refractivity contribution >= 4 is 5.91 Å². The molecule has 0 atom stereocenters. The van der Waals surface area contributed by atoms with Crippen LogP contribution in [0.15, 0.2) is 0 Å². The quantitative estimate of drug-likeness (QED) is 0.410. The van der Waals surface area contributed by atoms with Crippen molar-refractivity contribution in [1.82, 2.24) is 15.2 Å². The zero-order valence-corrected chi connectivity index (χ0v) is 10.5. The number of hydrogen-bond donors (Lipinski definition) is 2. The summed E-state index contributed by atoms with van der Waals surface area (Å²) >= 11 is 0. The Morgan fingerprint density at radius 1 is 1.18 bits per heavy atom. The van der Waals surface area contributed by atoms with Crippen LogP contribution >= 0.6 is 0 Å². The summed E-state index contributed by atoms with van der Waals surface area (Å²) in [4.78, 5) is 16.0. The number of nitrogens with two attached hydrogens (primary N) is 1. The highest BCUT2D eigenvalue weighted by molar-refractivity contribution is 5.75. The van der Waals surface area contributed by atoms with E-state index in [9.17, 15) is 4.79 Å². The van der Waals surface area contributed by atoms with E-state index in [4.69, 9.17) is 5.84 Å². The highest BCUT2D eigenvalue weighted by atomic mass is 16.2. The van der Waals surface area contributed by atoms with Crippen molar-refractivity contribution in [3.63, 3.8) is 0 Å². The molecule has 0 aromatic carbocycles. The van der Waals surface area contributed by atoms with Crippen LogP contribution in [-0.4, -0.2) is 54.5 Å². The predicted molar refractivity (Wildman–Crippen MR) is 67.2 cm³/mol. The average Bonchev–Trinajstić information content (AvgIpc) is 2.90. The first kappa shape index (κ1) is 12.8. The molecular formula is C12H24N4O. The summed E-state index contributed by atoms with van der Waals surface area (Å²) < 4.78 is 0. The van der Waals surface area contributed by atoms with E-state index < -0.39 is 0 Å². The van der Waals surface area contributed by atoms with Crippen molar-refractivity contribution in [2.24, 2.45) is 5.84 Å². The van der Waals surface area contributed by atoms with Gasteiger partial charge in [-0.25, -0.2) is 5.84 Å². The summed E-state index contributed by atoms with van der Waals surface area (Å²) in [6.07, 6.45) is 6.09. The standard InChI is InChI=1S/C12H24N4O/c13-14-12(17)5-6-15-7-9-16(10-8-15)11-3-1-2-4-11/h11H,1-10,13H2,(H,14,17). The lowest BCUT2D eigenvalue weighted by Crippen LogP contribution is -2.50. The molecule has 0 bridgehead atoms. The van der Waals surface area contributed by atoms with Gasteiger partial charge >= 0.3 is 0 Å². The number of carbonyl (C=O) groups excluding carboxylic acids is 1. The van der Waals surface area contributed by atoms with Gasteiger partial charge in [0.1, 0.15) is 0 Å². The smallest absolute Gasteiger partial charge is 0.235 e. The molecule has 17 heavy (non-hydrogen) atoms. The van der Waals surface area contributed by atoms with Crippen LogP contribution in [0, 0.1) is 0 Å². The maximum atomic E-state index is 11.1. The maximum Gasteiger partial charge on any atom is 0.235 e. The molecule has 0 spiro atoms. The summed E-state index contributed by atoms with van der Waals surface area (Å²) in [7, 11) is 0. The van der Waals surface area contributed by atoms with Crippen molar-refractivity contribution in [3.05, 3.63) is 0 Å². The minimum atomic E-state index is -0.0665. The van der Waals surface area contributed by atoms with Crippen molar-refractivity contribution in [3.8, 4) is 0 Å². The molecule has 1 aliphatic heterocycles. The highest BCUT2D eigenvalue weighted by Gasteiger charge is 2.25. The topological polar surface area (TPSA) is 61.6 Å². The summed E-state index contributed by atoms with van der Waals surface area (Å²) in [5.74, 6) is 5.00. The van der Waals surface area contributed by atoms with Gasteiger partial charge in [-0.15, -0.1) is 0 Å². The fourth-order valence-electron chi connectivity index (χ4n) is 2.95. The third kappa shape index (κ3) is 3.66. The zero-order valence-electron chi connectivity index (χ0n) is 10.5. The van der Waals surface area contributed by atoms with E-state index in [2.05, 4.69) is 15.2 Å². The molecule has 5 heteroatoms. The molecule has 1 saturated carbocycles. The van der Waals surface area contributed by atoms with E-state index >= 15 is 0 Å². The van der Waals surface area contributed by atoms with Crippen LogP contribution in [0.25, 0.3) is 0 Å². The predicted octanol–water partition coefficient (Wildman–Crippen LogP) is -0.0734. The lowest BCUT2D eigenvalue weighted by Gasteiger charge is -2.37. The van der Waals surface area contributed by atoms with Gasteiger partial charge in [0.15, 0.2) is 0 Å². The largest absolute Gasteiger partial charge is 0.300 e. The number of amides is 1. The molecule has 0 aromatic heterocycles. The maximum absolute atomic E-state index is 11.1. The van der Waals surface area contributed by atoms with Crippen molar-refractivity contribution in [2.75, 3.05) is 32.7 Å². The Kier molecular flexibility index (Phi) is 4.76. The van der Waals surface area contributed by atoms with E-state index in [0.717, 1.165) is 38.8 Å². The SMILES string of the molecule is NNC(=O)CCN1CCN(C2CCCC2)CC1. The van der Waals surface area contributed by atoms with Gasteiger partial charge in [-0.2, -0.15) is 0 Å². The number of carbonyl (C=O) groups is 1. The van der Waals surface area contributed by atoms with Crippen LogP contribution in [0.4, 0.5) is 0 Å². The molecule has 1 saturated heterocycles. The van der Waals surface area contributed by atoms with Crippen molar-refractivity contribution < 1.29 is 4.79 Å². The summed E-state index contributed by atoms with van der Waals surface area (Å²) in [6.45, 7) is 5.34. The summed E-state index contributed by atoms with van der Waals surface area (Å²) in [5.41, 5.74) is 2.18. The molecule has 98 valence electrons. The van der Waals surface area contributed by atoms with Gasteiger partial charge in [0.25, 0.3) is 0 Å². The molecule has 5 nitrogen and oxygen atoms in total. The van der Waals surface area contributed by atoms with Gasteiger partial charge in [0.05, 0.1) is 0 Å².